The van der Waals surface area contributed by atoms with Gasteiger partial charge in [-0.3, -0.25) is 4.98 Å². The van der Waals surface area contributed by atoms with Crippen molar-refractivity contribution in [3.05, 3.63) is 18.1 Å². The fraction of sp³-hybridized carbons (Fsp3) is 0.615. The maximum Gasteiger partial charge on any atom is 0.358 e. The van der Waals surface area contributed by atoms with E-state index in [4.69, 9.17) is 0 Å². The second-order valence-corrected chi connectivity index (χ2v) is 4.78. The van der Waals surface area contributed by atoms with E-state index in [1.165, 1.54) is 19.7 Å². The fourth-order valence-electron chi connectivity index (χ4n) is 2.20. The third-order valence-electron chi connectivity index (χ3n) is 3.36. The fourth-order valence-corrected chi connectivity index (χ4v) is 2.20. The van der Waals surface area contributed by atoms with Gasteiger partial charge >= 0.3 is 5.97 Å². The summed E-state index contributed by atoms with van der Waals surface area (Å²) in [4.78, 5) is 22.0. The highest BCUT2D eigenvalue weighted by Gasteiger charge is 2.17. The molecule has 0 amide bonds. The van der Waals surface area contributed by atoms with E-state index < -0.39 is 5.97 Å². The number of carbonyl (C=O) groups excluding carboxylic acids is 1. The molecule has 1 aliphatic heterocycles. The van der Waals surface area contributed by atoms with Crippen LogP contribution >= 0.6 is 0 Å². The summed E-state index contributed by atoms with van der Waals surface area (Å²) >= 11 is 0. The molecule has 1 fully saturated rings. The number of ether oxygens (including phenoxy) is 1. The van der Waals surface area contributed by atoms with E-state index >= 15 is 0 Å². The van der Waals surface area contributed by atoms with Crippen LogP contribution in [0.5, 0.6) is 0 Å². The number of methoxy groups -OCH3 is 1. The molecule has 0 aromatic carbocycles. The quantitative estimate of drug-likeness (QED) is 0.749. The van der Waals surface area contributed by atoms with Gasteiger partial charge in [-0.2, -0.15) is 0 Å². The summed E-state index contributed by atoms with van der Waals surface area (Å²) in [7, 11) is 1.35. The van der Waals surface area contributed by atoms with Gasteiger partial charge in [0.25, 0.3) is 0 Å². The molecule has 0 bridgehead atoms. The van der Waals surface area contributed by atoms with E-state index in [0.717, 1.165) is 37.7 Å². The minimum Gasteiger partial charge on any atom is -0.464 e. The van der Waals surface area contributed by atoms with Crippen molar-refractivity contribution < 1.29 is 9.53 Å². The summed E-state index contributed by atoms with van der Waals surface area (Å²) in [6.07, 6.45) is 6.72. The molecule has 5 heteroatoms. The van der Waals surface area contributed by atoms with Gasteiger partial charge in [-0.15, -0.1) is 0 Å². The minimum atomic E-state index is -0.437. The lowest BCUT2D eigenvalue weighted by atomic mass is 10.0. The van der Waals surface area contributed by atoms with Crippen molar-refractivity contribution in [2.24, 2.45) is 5.92 Å². The van der Waals surface area contributed by atoms with Gasteiger partial charge in [0, 0.05) is 13.1 Å². The highest BCUT2D eigenvalue weighted by molar-refractivity contribution is 5.87. The molecule has 18 heavy (non-hydrogen) atoms. The van der Waals surface area contributed by atoms with Gasteiger partial charge < -0.3 is 9.64 Å². The predicted octanol–water partition coefficient (Wildman–Crippen LogP) is 1.89. The number of rotatable bonds is 2. The second-order valence-electron chi connectivity index (χ2n) is 4.78. The largest absolute Gasteiger partial charge is 0.464 e. The molecule has 1 saturated heterocycles. The number of anilines is 1. The van der Waals surface area contributed by atoms with Crippen molar-refractivity contribution in [1.29, 1.82) is 0 Å². The number of nitrogens with zero attached hydrogens (tertiary/aromatic N) is 3. The highest BCUT2D eigenvalue weighted by Crippen LogP contribution is 2.20. The summed E-state index contributed by atoms with van der Waals surface area (Å²) < 4.78 is 4.66. The number of aromatic nitrogens is 2. The van der Waals surface area contributed by atoms with E-state index in [9.17, 15) is 4.79 Å². The Labute approximate surface area is 107 Å². The summed E-state index contributed by atoms with van der Waals surface area (Å²) in [5, 5.41) is 0. The first-order valence-electron chi connectivity index (χ1n) is 6.36. The van der Waals surface area contributed by atoms with Gasteiger partial charge in [-0.25, -0.2) is 9.78 Å². The Kier molecular flexibility index (Phi) is 4.12. The molecule has 0 spiro atoms. The van der Waals surface area contributed by atoms with Crippen molar-refractivity contribution in [3.8, 4) is 0 Å². The molecule has 1 aromatic rings. The highest BCUT2D eigenvalue weighted by atomic mass is 16.5. The normalized spacial score (nSPS) is 20.3. The van der Waals surface area contributed by atoms with E-state index in [1.807, 2.05) is 0 Å². The predicted molar refractivity (Wildman–Crippen MR) is 68.6 cm³/mol. The third kappa shape index (κ3) is 2.97. The second kappa shape index (κ2) is 5.80. The Morgan fingerprint density at radius 2 is 2.22 bits per heavy atom. The van der Waals surface area contributed by atoms with Crippen molar-refractivity contribution in [3.63, 3.8) is 0 Å². The molecule has 2 rings (SSSR count). The van der Waals surface area contributed by atoms with Gasteiger partial charge in [0.15, 0.2) is 5.69 Å². The average Bonchev–Trinajstić information content (AvgIpc) is 2.63. The maximum atomic E-state index is 11.4. The number of esters is 1. The summed E-state index contributed by atoms with van der Waals surface area (Å²) in [5.41, 5.74) is 0.271. The molecule has 0 N–H and O–H groups in total. The van der Waals surface area contributed by atoms with Crippen LogP contribution in [0.1, 0.15) is 36.7 Å². The number of hydrogen-bond donors (Lipinski definition) is 0. The van der Waals surface area contributed by atoms with E-state index in [-0.39, 0.29) is 5.69 Å². The van der Waals surface area contributed by atoms with E-state index in [2.05, 4.69) is 26.5 Å². The first kappa shape index (κ1) is 12.8. The van der Waals surface area contributed by atoms with Crippen LogP contribution in [-0.4, -0.2) is 36.1 Å². The van der Waals surface area contributed by atoms with Crippen LogP contribution in [0.15, 0.2) is 12.4 Å². The minimum absolute atomic E-state index is 0.271. The summed E-state index contributed by atoms with van der Waals surface area (Å²) in [5.74, 6) is 1.09. The molecular weight excluding hydrogens is 230 g/mol. The maximum absolute atomic E-state index is 11.4. The zero-order valence-corrected chi connectivity index (χ0v) is 10.9. The van der Waals surface area contributed by atoms with Gasteiger partial charge in [0.1, 0.15) is 5.82 Å². The molecule has 98 valence electrons. The topological polar surface area (TPSA) is 55.3 Å². The zero-order chi connectivity index (χ0) is 13.0. The molecule has 0 radical (unpaired) electrons. The van der Waals surface area contributed by atoms with Crippen molar-refractivity contribution in [1.82, 2.24) is 9.97 Å². The Bertz CT molecular complexity index is 422. The van der Waals surface area contributed by atoms with Crippen LogP contribution in [0.25, 0.3) is 0 Å². The molecule has 1 atom stereocenters. The van der Waals surface area contributed by atoms with Crippen LogP contribution in [0, 0.1) is 5.92 Å². The van der Waals surface area contributed by atoms with Crippen LogP contribution in [0.4, 0.5) is 5.82 Å². The first-order valence-corrected chi connectivity index (χ1v) is 6.36. The summed E-state index contributed by atoms with van der Waals surface area (Å²) in [6.45, 7) is 4.23. The zero-order valence-electron chi connectivity index (χ0n) is 10.9. The van der Waals surface area contributed by atoms with E-state index in [1.54, 1.807) is 6.20 Å². The van der Waals surface area contributed by atoms with Crippen molar-refractivity contribution in [2.45, 2.75) is 26.2 Å². The molecule has 1 aromatic heterocycles. The third-order valence-corrected chi connectivity index (χ3v) is 3.36. The number of hydrogen-bond acceptors (Lipinski definition) is 5. The number of carbonyl (C=O) groups is 1. The lowest BCUT2D eigenvalue weighted by Crippen LogP contribution is -2.26. The molecule has 5 nitrogen and oxygen atoms in total. The SMILES string of the molecule is COC(=O)c1cncc(N2CCCC(C)CC2)n1. The first-order chi connectivity index (χ1) is 8.70. The molecular formula is C13H19N3O2. The Morgan fingerprint density at radius 3 is 3.00 bits per heavy atom. The lowest BCUT2D eigenvalue weighted by Gasteiger charge is -2.21. The Morgan fingerprint density at radius 1 is 1.39 bits per heavy atom. The van der Waals surface area contributed by atoms with Crippen LogP contribution in [-0.2, 0) is 4.74 Å². The Balaban J connectivity index is 2.14. The average molecular weight is 249 g/mol. The van der Waals surface area contributed by atoms with Crippen LogP contribution < -0.4 is 4.90 Å². The Hall–Kier alpha value is -1.65. The molecule has 2 heterocycles. The van der Waals surface area contributed by atoms with Crippen LogP contribution in [0.2, 0.25) is 0 Å². The molecule has 1 unspecified atom stereocenters. The lowest BCUT2D eigenvalue weighted by molar-refractivity contribution is 0.0593. The molecule has 0 saturated carbocycles. The summed E-state index contributed by atoms with van der Waals surface area (Å²) in [6, 6.07) is 0. The van der Waals surface area contributed by atoms with Gasteiger partial charge in [0.05, 0.1) is 19.5 Å². The monoisotopic (exact) mass is 249 g/mol. The van der Waals surface area contributed by atoms with Crippen LogP contribution in [0.3, 0.4) is 0 Å². The van der Waals surface area contributed by atoms with Crippen molar-refractivity contribution >= 4 is 11.8 Å². The smallest absolute Gasteiger partial charge is 0.358 e. The van der Waals surface area contributed by atoms with Gasteiger partial charge in [-0.05, 0) is 25.2 Å². The van der Waals surface area contributed by atoms with E-state index in [0.29, 0.717) is 0 Å². The van der Waals surface area contributed by atoms with Gasteiger partial charge in [-0.1, -0.05) is 6.92 Å². The van der Waals surface area contributed by atoms with Gasteiger partial charge in [0.2, 0.25) is 0 Å². The molecule has 0 aliphatic carbocycles. The molecule has 1 aliphatic rings. The van der Waals surface area contributed by atoms with Crippen molar-refractivity contribution in [2.75, 3.05) is 25.1 Å². The standard InChI is InChI=1S/C13H19N3O2/c1-10-4-3-6-16(7-5-10)12-9-14-8-11(15-12)13(17)18-2/h8-10H,3-7H2,1-2H3.